The maximum absolute atomic E-state index is 12.3. The minimum absolute atomic E-state index is 0.428. The first-order chi connectivity index (χ1) is 8.05. The Hall–Kier alpha value is -1.23. The number of hydrogen-bond donors (Lipinski definition) is 2. The minimum atomic E-state index is -4.26. The summed E-state index contributed by atoms with van der Waals surface area (Å²) in [4.78, 5) is 0. The summed E-state index contributed by atoms with van der Waals surface area (Å²) >= 11 is 0. The fourth-order valence-corrected chi connectivity index (χ4v) is 1.95. The lowest BCUT2D eigenvalue weighted by atomic mass is 10.2. The van der Waals surface area contributed by atoms with Crippen LogP contribution in [0.15, 0.2) is 24.3 Å². The molecule has 0 aliphatic carbocycles. The van der Waals surface area contributed by atoms with Crippen molar-refractivity contribution in [1.82, 2.24) is 5.32 Å². The van der Waals surface area contributed by atoms with E-state index >= 15 is 0 Å². The van der Waals surface area contributed by atoms with Crippen LogP contribution < -0.4 is 10.6 Å². The molecule has 1 aliphatic rings. The molecule has 1 aliphatic heterocycles. The predicted molar refractivity (Wildman–Crippen MR) is 61.0 cm³/mol. The van der Waals surface area contributed by atoms with E-state index < -0.39 is 11.7 Å². The molecule has 0 bridgehead atoms. The molecule has 0 amide bonds. The van der Waals surface area contributed by atoms with E-state index in [0.717, 1.165) is 37.3 Å². The standard InChI is InChI=1S/C12H15F3N2/c13-12(14,15)9-3-5-10(6-4-9)17-8-11-2-1-7-16-11/h3-6,11,16-17H,1-2,7-8H2. The van der Waals surface area contributed by atoms with Crippen molar-refractivity contribution in [2.45, 2.75) is 25.1 Å². The fourth-order valence-electron chi connectivity index (χ4n) is 1.95. The third-order valence-corrected chi connectivity index (χ3v) is 2.93. The summed E-state index contributed by atoms with van der Waals surface area (Å²) in [6, 6.07) is 5.57. The number of nitrogens with one attached hydrogen (secondary N) is 2. The van der Waals surface area contributed by atoms with Gasteiger partial charge in [-0.1, -0.05) is 0 Å². The summed E-state index contributed by atoms with van der Waals surface area (Å²) in [5.41, 5.74) is 0.119. The van der Waals surface area contributed by atoms with Crippen molar-refractivity contribution in [2.24, 2.45) is 0 Å². The molecule has 0 saturated carbocycles. The normalized spacial score (nSPS) is 20.5. The maximum Gasteiger partial charge on any atom is 0.416 e. The van der Waals surface area contributed by atoms with Gasteiger partial charge in [-0.05, 0) is 43.7 Å². The van der Waals surface area contributed by atoms with Gasteiger partial charge in [0.25, 0.3) is 0 Å². The van der Waals surface area contributed by atoms with E-state index in [-0.39, 0.29) is 0 Å². The van der Waals surface area contributed by atoms with Gasteiger partial charge in [0, 0.05) is 18.3 Å². The highest BCUT2D eigenvalue weighted by Crippen LogP contribution is 2.29. The highest BCUT2D eigenvalue weighted by molar-refractivity contribution is 5.45. The Labute approximate surface area is 98.2 Å². The lowest BCUT2D eigenvalue weighted by Crippen LogP contribution is -2.29. The molecule has 0 spiro atoms. The first-order valence-electron chi connectivity index (χ1n) is 5.70. The summed E-state index contributed by atoms with van der Waals surface area (Å²) < 4.78 is 37.0. The molecule has 94 valence electrons. The van der Waals surface area contributed by atoms with Gasteiger partial charge in [-0.2, -0.15) is 13.2 Å². The van der Waals surface area contributed by atoms with E-state index in [0.29, 0.717) is 6.04 Å². The average Bonchev–Trinajstić information content (AvgIpc) is 2.78. The molecular formula is C12H15F3N2. The molecule has 1 fully saturated rings. The van der Waals surface area contributed by atoms with Crippen molar-refractivity contribution in [3.05, 3.63) is 29.8 Å². The number of hydrogen-bond acceptors (Lipinski definition) is 2. The van der Waals surface area contributed by atoms with Crippen LogP contribution >= 0.6 is 0 Å². The van der Waals surface area contributed by atoms with Gasteiger partial charge >= 0.3 is 6.18 Å². The minimum Gasteiger partial charge on any atom is -0.383 e. The summed E-state index contributed by atoms with van der Waals surface area (Å²) in [5.74, 6) is 0. The second-order valence-corrected chi connectivity index (χ2v) is 4.25. The molecule has 0 aromatic heterocycles. The average molecular weight is 244 g/mol. The number of benzene rings is 1. The largest absolute Gasteiger partial charge is 0.416 e. The Morgan fingerprint density at radius 1 is 1.24 bits per heavy atom. The highest BCUT2D eigenvalue weighted by Gasteiger charge is 2.29. The van der Waals surface area contributed by atoms with Crippen molar-refractivity contribution in [2.75, 3.05) is 18.4 Å². The highest BCUT2D eigenvalue weighted by atomic mass is 19.4. The Kier molecular flexibility index (Phi) is 3.57. The van der Waals surface area contributed by atoms with Crippen molar-refractivity contribution >= 4 is 5.69 Å². The second-order valence-electron chi connectivity index (χ2n) is 4.25. The smallest absolute Gasteiger partial charge is 0.383 e. The summed E-state index contributed by atoms with van der Waals surface area (Å²) in [6.07, 6.45) is -1.97. The van der Waals surface area contributed by atoms with Crippen LogP contribution in [0, 0.1) is 0 Å². The van der Waals surface area contributed by atoms with E-state index in [1.54, 1.807) is 0 Å². The monoisotopic (exact) mass is 244 g/mol. The zero-order valence-electron chi connectivity index (χ0n) is 9.35. The Morgan fingerprint density at radius 2 is 1.94 bits per heavy atom. The third-order valence-electron chi connectivity index (χ3n) is 2.93. The maximum atomic E-state index is 12.3. The van der Waals surface area contributed by atoms with Crippen LogP contribution in [-0.2, 0) is 6.18 Å². The van der Waals surface area contributed by atoms with Crippen molar-refractivity contribution in [3.63, 3.8) is 0 Å². The fraction of sp³-hybridized carbons (Fsp3) is 0.500. The SMILES string of the molecule is FC(F)(F)c1ccc(NCC2CCCN2)cc1. The molecule has 1 unspecified atom stereocenters. The Bertz CT molecular complexity index is 353. The quantitative estimate of drug-likeness (QED) is 0.854. The first kappa shape index (κ1) is 12.2. The molecule has 5 heteroatoms. The Balaban J connectivity index is 1.89. The molecular weight excluding hydrogens is 229 g/mol. The topological polar surface area (TPSA) is 24.1 Å². The van der Waals surface area contributed by atoms with E-state index in [2.05, 4.69) is 10.6 Å². The van der Waals surface area contributed by atoms with Crippen molar-refractivity contribution < 1.29 is 13.2 Å². The summed E-state index contributed by atoms with van der Waals surface area (Å²) in [5, 5.41) is 6.46. The predicted octanol–water partition coefficient (Wildman–Crippen LogP) is 2.87. The zero-order chi connectivity index (χ0) is 12.3. The molecule has 1 heterocycles. The van der Waals surface area contributed by atoms with Crippen LogP contribution in [0.5, 0.6) is 0 Å². The molecule has 1 saturated heterocycles. The van der Waals surface area contributed by atoms with Crippen LogP contribution in [0.1, 0.15) is 18.4 Å². The van der Waals surface area contributed by atoms with Gasteiger partial charge in [0.1, 0.15) is 0 Å². The van der Waals surface area contributed by atoms with Gasteiger partial charge in [-0.3, -0.25) is 0 Å². The lowest BCUT2D eigenvalue weighted by Gasteiger charge is -2.13. The van der Waals surface area contributed by atoms with Gasteiger partial charge in [0.15, 0.2) is 0 Å². The van der Waals surface area contributed by atoms with Gasteiger partial charge < -0.3 is 10.6 Å². The van der Waals surface area contributed by atoms with Gasteiger partial charge in [0.2, 0.25) is 0 Å². The summed E-state index contributed by atoms with van der Waals surface area (Å²) in [7, 11) is 0. The van der Waals surface area contributed by atoms with E-state index in [9.17, 15) is 13.2 Å². The van der Waals surface area contributed by atoms with Crippen LogP contribution in [0.4, 0.5) is 18.9 Å². The van der Waals surface area contributed by atoms with Crippen LogP contribution in [-0.4, -0.2) is 19.1 Å². The van der Waals surface area contributed by atoms with E-state index in [1.807, 2.05) is 0 Å². The van der Waals surface area contributed by atoms with E-state index in [1.165, 1.54) is 18.6 Å². The molecule has 0 radical (unpaired) electrons. The third kappa shape index (κ3) is 3.36. The van der Waals surface area contributed by atoms with Gasteiger partial charge in [0.05, 0.1) is 5.56 Å². The lowest BCUT2D eigenvalue weighted by molar-refractivity contribution is -0.137. The molecule has 2 rings (SSSR count). The summed E-state index contributed by atoms with van der Waals surface area (Å²) in [6.45, 7) is 1.78. The van der Waals surface area contributed by atoms with Crippen molar-refractivity contribution in [1.29, 1.82) is 0 Å². The molecule has 2 N–H and O–H groups in total. The zero-order valence-corrected chi connectivity index (χ0v) is 9.35. The second kappa shape index (κ2) is 4.96. The molecule has 1 aromatic rings. The molecule has 1 aromatic carbocycles. The molecule has 2 nitrogen and oxygen atoms in total. The van der Waals surface area contributed by atoms with E-state index in [4.69, 9.17) is 0 Å². The van der Waals surface area contributed by atoms with Crippen LogP contribution in [0.25, 0.3) is 0 Å². The number of anilines is 1. The van der Waals surface area contributed by atoms with Crippen LogP contribution in [0.3, 0.4) is 0 Å². The molecule has 17 heavy (non-hydrogen) atoms. The Morgan fingerprint density at radius 3 is 2.47 bits per heavy atom. The number of halogens is 3. The number of rotatable bonds is 3. The van der Waals surface area contributed by atoms with Crippen molar-refractivity contribution in [3.8, 4) is 0 Å². The van der Waals surface area contributed by atoms with Gasteiger partial charge in [-0.25, -0.2) is 0 Å². The van der Waals surface area contributed by atoms with Crippen LogP contribution in [0.2, 0.25) is 0 Å². The molecule has 1 atom stereocenters. The number of alkyl halides is 3. The first-order valence-corrected chi connectivity index (χ1v) is 5.70. The van der Waals surface area contributed by atoms with Gasteiger partial charge in [-0.15, -0.1) is 0 Å².